The summed E-state index contributed by atoms with van der Waals surface area (Å²) in [6.07, 6.45) is 12.6. The van der Waals surface area contributed by atoms with Crippen molar-refractivity contribution in [2.75, 3.05) is 88.6 Å². The molecule has 0 radical (unpaired) electrons. The number of amides is 13. The highest BCUT2D eigenvalue weighted by Gasteiger charge is 2.53. The summed E-state index contributed by atoms with van der Waals surface area (Å²) < 4.78 is 76.3. The number of ether oxygens (including phenoxy) is 4. The van der Waals surface area contributed by atoms with E-state index < -0.39 is 179 Å². The number of imide groups is 2. The predicted octanol–water partition coefficient (Wildman–Crippen LogP) is 6.47. The van der Waals surface area contributed by atoms with Crippen LogP contribution in [-0.2, 0) is 126 Å². The highest BCUT2D eigenvalue weighted by molar-refractivity contribution is 7.90. The van der Waals surface area contributed by atoms with Crippen molar-refractivity contribution >= 4 is 94.4 Å². The number of rotatable bonds is 56. The number of benzene rings is 2. The zero-order valence-corrected chi connectivity index (χ0v) is 86.7. The van der Waals surface area contributed by atoms with E-state index >= 15 is 24.0 Å². The van der Waals surface area contributed by atoms with E-state index in [1.165, 1.54) is 51.5 Å². The van der Waals surface area contributed by atoms with E-state index in [0.717, 1.165) is 60.5 Å². The molecule has 2 aromatic carbocycles. The molecule has 24 atom stereocenters. The van der Waals surface area contributed by atoms with E-state index in [4.69, 9.17) is 23.5 Å². The lowest BCUT2D eigenvalue weighted by Gasteiger charge is -2.43. The maximum Gasteiger partial charge on any atom is 0.350 e. The fraction of sp³-hybridized carbons (Fsp3) is 0.693. The zero-order valence-electron chi connectivity index (χ0n) is 85.0. The Morgan fingerprint density at radius 1 is 0.553 bits per heavy atom. The van der Waals surface area contributed by atoms with Gasteiger partial charge in [0.15, 0.2) is 0 Å². The first-order valence-electron chi connectivity index (χ1n) is 50.6. The first-order valence-corrected chi connectivity index (χ1v) is 53.9. The van der Waals surface area contributed by atoms with Crippen LogP contribution in [0.15, 0.2) is 91.2 Å². The fourth-order valence-corrected chi connectivity index (χ4v) is 25.3. The molecule has 13 amide bonds. The second kappa shape index (κ2) is 51.3. The molecule has 6 fully saturated rings. The lowest BCUT2D eigenvalue weighted by molar-refractivity contribution is -0.149. The number of aryl methyl sites for hydroxylation is 1. The van der Waals surface area contributed by atoms with Crippen LogP contribution in [0.5, 0.6) is 0 Å². The number of fused-ring (bicyclic) bond motifs is 4. The minimum Gasteiger partial charge on any atom is -0.379 e. The van der Waals surface area contributed by atoms with Gasteiger partial charge in [-0.3, -0.25) is 95.9 Å². The third kappa shape index (κ3) is 28.0. The maximum absolute atomic E-state index is 16.3. The number of piperidine rings is 2. The standard InChI is InChI=1S/C101H153N16O22PS/c1-17-63(5)89(78(135-13)58-85(122)114-50-29-36-76(114)93(137-15)65(7)95(124)102-75(54-67-32-23-21-24-33-67)97(126)107-141(133,134)53-31-48-113-60-72(106-108-113)61-117-83(120)46-47-84(117)121)111(11)101(130)88(105-99(128)92-71-41-43-74(57-71)110(92)10)64(6)38-39-69(18-2)90(112(12)100(129)87(62(3)4)104-98(127)91-70-40-42-73(56-70)109(91)9)79(136-14)59-86(123)115-51-30-37-77(115)94(138-16)66(8)96(125)103-80(55-68-34-25-22-26-35-68)140(131,132)139-52-28-20-19-27-49-116-81(118)44-45-82(116)119/h21-26,32-35,44-47,60,62-66,69-71,73-80,87-94H,17-20,27-31,36-43,48-59,61H2,1-16H3,(H,102,124)(H,103,125)(H,104,127)(H,105,128)(H,107,126)(H,131,132)/t63?,64?,65?,66-,69-,70+,71+,73-,74-,75+,76?,77+,78?,79-,80-,87+,88+,89?,90+,91+,92+,93?,94-/m1/s1. The molecule has 141 heavy (non-hydrogen) atoms. The number of carbonyl (C=O) groups excluding carboxylic acids is 13. The lowest BCUT2D eigenvalue weighted by Crippen LogP contribution is -2.60. The van der Waals surface area contributed by atoms with Gasteiger partial charge in [0.1, 0.15) is 29.6 Å². The average molecular weight is 2010 g/mol. The minimum atomic E-state index is -4.61. The van der Waals surface area contributed by atoms with E-state index in [2.05, 4.69) is 46.1 Å². The Morgan fingerprint density at radius 2 is 1.04 bits per heavy atom. The molecule has 2 aliphatic carbocycles. The van der Waals surface area contributed by atoms with Crippen LogP contribution in [0, 0.1) is 47.3 Å². The van der Waals surface area contributed by atoms with Gasteiger partial charge in [-0.1, -0.05) is 147 Å². The second-order valence-electron chi connectivity index (χ2n) is 40.6. The quantitative estimate of drug-likeness (QED) is 0.0200. The van der Waals surface area contributed by atoms with Crippen LogP contribution in [0.25, 0.3) is 0 Å². The minimum absolute atomic E-state index is 0.0231. The average Bonchev–Trinajstić information content (AvgIpc) is 1.16. The maximum atomic E-state index is 16.3. The molecular formula is C101H153N16O22PS. The molecule has 8 aliphatic rings. The van der Waals surface area contributed by atoms with Gasteiger partial charge in [-0.25, -0.2) is 8.42 Å². The van der Waals surface area contributed by atoms with E-state index in [9.17, 15) is 56.2 Å². The van der Waals surface area contributed by atoms with Crippen LogP contribution in [0.3, 0.4) is 0 Å². The molecule has 6 aliphatic heterocycles. The molecule has 2 saturated carbocycles. The van der Waals surface area contributed by atoms with E-state index in [0.29, 0.717) is 87.4 Å². The number of likely N-dealkylation sites (N-methyl/N-ethyl adjacent to an activating group) is 4. The summed E-state index contributed by atoms with van der Waals surface area (Å²) in [5.74, 6) is -11.7. The number of carbonyl (C=O) groups is 13. The van der Waals surface area contributed by atoms with Gasteiger partial charge >= 0.3 is 7.60 Å². The van der Waals surface area contributed by atoms with Crippen LogP contribution in [0.4, 0.5) is 0 Å². The van der Waals surface area contributed by atoms with Crippen molar-refractivity contribution in [3.05, 3.63) is 108 Å². The topological polar surface area (TPSA) is 456 Å². The highest BCUT2D eigenvalue weighted by Crippen LogP contribution is 2.49. The second-order valence-corrected chi connectivity index (χ2v) is 44.4. The number of methoxy groups -OCH3 is 4. The third-order valence-electron chi connectivity index (χ3n) is 31.2. The lowest BCUT2D eigenvalue weighted by atomic mass is 9.82. The molecule has 4 saturated heterocycles. The van der Waals surface area contributed by atoms with Crippen molar-refractivity contribution in [3.8, 4) is 0 Å². The number of nitrogens with one attached hydrogen (secondary N) is 5. The Bertz CT molecular complexity index is 5010. The molecule has 38 nitrogen and oxygen atoms in total. The van der Waals surface area contributed by atoms with Crippen molar-refractivity contribution in [1.82, 2.24) is 80.2 Å². The molecule has 8 unspecified atom stereocenters. The van der Waals surface area contributed by atoms with Crippen LogP contribution < -0.4 is 26.0 Å². The van der Waals surface area contributed by atoms with Gasteiger partial charge in [0, 0.05) is 118 Å². The predicted molar refractivity (Wildman–Crippen MR) is 525 cm³/mol. The Morgan fingerprint density at radius 3 is 1.54 bits per heavy atom. The van der Waals surface area contributed by atoms with Gasteiger partial charge in [-0.05, 0) is 157 Å². The number of hydrogen-bond acceptors (Lipinski definition) is 25. The van der Waals surface area contributed by atoms with E-state index in [1.54, 1.807) is 108 Å². The molecule has 40 heteroatoms. The molecule has 3 aromatic rings. The summed E-state index contributed by atoms with van der Waals surface area (Å²) in [6.45, 7) is 15.5. The summed E-state index contributed by atoms with van der Waals surface area (Å²) >= 11 is 0. The first kappa shape index (κ1) is 112. The Labute approximate surface area is 830 Å². The Hall–Kier alpha value is -9.57. The number of unbranched alkanes of at least 4 members (excludes halogenated alkanes) is 3. The van der Waals surface area contributed by atoms with Crippen molar-refractivity contribution < 1.29 is 104 Å². The first-order chi connectivity index (χ1) is 67.2. The van der Waals surface area contributed by atoms with Crippen molar-refractivity contribution in [1.29, 1.82) is 0 Å². The van der Waals surface area contributed by atoms with E-state index in [-0.39, 0.29) is 143 Å². The number of nitrogens with zero attached hydrogens (tertiary/aromatic N) is 11. The van der Waals surface area contributed by atoms with Gasteiger partial charge in [-0.15, -0.1) is 5.10 Å². The number of likely N-dealkylation sites (tertiary alicyclic amines) is 4. The molecule has 6 N–H and O–H groups in total. The summed E-state index contributed by atoms with van der Waals surface area (Å²) in [5, 5.41) is 20.2. The van der Waals surface area contributed by atoms with Crippen LogP contribution in [0.1, 0.15) is 207 Å². The zero-order chi connectivity index (χ0) is 103. The van der Waals surface area contributed by atoms with Gasteiger partial charge < -0.3 is 69.2 Å². The van der Waals surface area contributed by atoms with Crippen LogP contribution >= 0.6 is 7.60 Å². The van der Waals surface area contributed by atoms with Gasteiger partial charge in [0.25, 0.3) is 29.5 Å². The van der Waals surface area contributed by atoms with Crippen LogP contribution in [-0.4, -0.2) is 330 Å². The normalized spacial score (nSPS) is 23.9. The fourth-order valence-electron chi connectivity index (χ4n) is 23.0. The molecular weight excluding hydrogens is 1850 g/mol. The highest BCUT2D eigenvalue weighted by atomic mass is 32.2. The molecule has 0 spiro atoms. The molecule has 11 rings (SSSR count). The molecule has 4 bridgehead atoms. The summed E-state index contributed by atoms with van der Waals surface area (Å²) in [4.78, 5) is 210. The van der Waals surface area contributed by atoms with E-state index in [1.807, 2.05) is 55.6 Å². The van der Waals surface area contributed by atoms with Gasteiger partial charge in [-0.2, -0.15) is 0 Å². The summed E-state index contributed by atoms with van der Waals surface area (Å²) in [6, 6.07) is 10.5. The van der Waals surface area contributed by atoms with Gasteiger partial charge in [0.2, 0.25) is 57.3 Å². The number of sulfonamides is 1. The third-order valence-corrected chi connectivity index (χ3v) is 34.2. The van der Waals surface area contributed by atoms with Crippen LogP contribution in [0.2, 0.25) is 0 Å². The summed E-state index contributed by atoms with van der Waals surface area (Å²) in [5.41, 5.74) is 1.58. The molecule has 780 valence electrons. The van der Waals surface area contributed by atoms with Crippen molar-refractivity contribution in [2.24, 2.45) is 47.3 Å². The monoisotopic (exact) mass is 2010 g/mol. The number of hydrogen-bond donors (Lipinski definition) is 6. The van der Waals surface area contributed by atoms with Crippen molar-refractivity contribution in [2.45, 2.75) is 313 Å². The number of aromatic nitrogens is 3. The molecule has 1 aromatic heterocycles. The smallest absolute Gasteiger partial charge is 0.350 e. The summed E-state index contributed by atoms with van der Waals surface area (Å²) in [7, 11) is 4.18. The molecule has 7 heterocycles. The Kier molecular flexibility index (Phi) is 40.6. The Balaban J connectivity index is 0.797. The SMILES string of the molecule is CCC(C)C(C(CC(=O)N1CCCC1C(OC)C(C)C(=O)N[C@@H](Cc1ccccc1)C(=O)NS(=O)(=O)CCCn1cc(CN2C(=O)C=CC2=O)nn1)OC)N(C)C(=O)[C@@H](NC(=O)[C@@H]1[C@H]2CC[C@H](C2)N1C)C(C)CC[C@@H](CC)[C@@H]([C@@H](CC(=O)N1CCC[C@H]1[C@H](OC)[C@@H](C)C(=O)N[C@@H](Cc1ccccc1)P(=O)(O)OCCCCCCN1C(=O)C=CC1=O)OC)N(C)C(=O)[C@@H](NC(=O)[C@@H]1[C@H]2CC[C@H](C2)N1C)C(C)C. The largest absolute Gasteiger partial charge is 0.379 e. The van der Waals surface area contributed by atoms with Gasteiger partial charge in [0.05, 0.1) is 110 Å². The van der Waals surface area contributed by atoms with Crippen molar-refractivity contribution in [3.63, 3.8) is 0 Å².